The van der Waals surface area contributed by atoms with Crippen LogP contribution in [-0.2, 0) is 20.7 Å². The molecule has 3 heterocycles. The van der Waals surface area contributed by atoms with Crippen molar-refractivity contribution in [2.45, 2.75) is 25.3 Å². The second-order valence-electron chi connectivity index (χ2n) is 7.62. The predicted octanol–water partition coefficient (Wildman–Crippen LogP) is 2.98. The molecule has 1 amide bonds. The Kier molecular flexibility index (Phi) is 3.45. The molecule has 5 nitrogen and oxygen atoms in total. The summed E-state index contributed by atoms with van der Waals surface area (Å²) in [4.78, 5) is 30.7. The van der Waals surface area contributed by atoms with Gasteiger partial charge in [-0.25, -0.2) is 0 Å². The van der Waals surface area contributed by atoms with Crippen molar-refractivity contribution >= 4 is 22.8 Å². The Bertz CT molecular complexity index is 928. The van der Waals surface area contributed by atoms with E-state index in [1.807, 2.05) is 17.0 Å². The zero-order chi connectivity index (χ0) is 17.8. The van der Waals surface area contributed by atoms with E-state index in [2.05, 4.69) is 29.3 Å². The summed E-state index contributed by atoms with van der Waals surface area (Å²) < 4.78 is 4.87. The normalized spacial score (nSPS) is 29.9. The minimum absolute atomic E-state index is 0.105. The van der Waals surface area contributed by atoms with Crippen molar-refractivity contribution in [3.63, 3.8) is 0 Å². The van der Waals surface area contributed by atoms with Crippen molar-refractivity contribution in [2.24, 2.45) is 17.8 Å². The Hall–Kier alpha value is -2.56. The molecule has 3 aliphatic rings. The Labute approximate surface area is 152 Å². The molecule has 1 fully saturated rings. The van der Waals surface area contributed by atoms with E-state index in [0.717, 1.165) is 24.9 Å². The summed E-state index contributed by atoms with van der Waals surface area (Å²) in [6, 6.07) is 8.49. The average Bonchev–Trinajstić information content (AvgIpc) is 3.06. The number of carbonyl (C=O) groups excluding carboxylic acids is 2. The second kappa shape index (κ2) is 5.73. The number of esters is 1. The van der Waals surface area contributed by atoms with Gasteiger partial charge in [0.25, 0.3) is 0 Å². The van der Waals surface area contributed by atoms with Crippen LogP contribution in [0.1, 0.15) is 30.1 Å². The highest BCUT2D eigenvalue weighted by Crippen LogP contribution is 2.46. The SMILES string of the molecule is COC(=O)C1C=CC2CC3c4[nH]c5ccccc5c4CCN3C(=O)C2C1. The summed E-state index contributed by atoms with van der Waals surface area (Å²) >= 11 is 0. The van der Waals surface area contributed by atoms with Crippen LogP contribution in [0.4, 0.5) is 0 Å². The quantitative estimate of drug-likeness (QED) is 0.635. The number of benzene rings is 1. The number of H-pyrrole nitrogens is 1. The molecule has 4 unspecified atom stereocenters. The highest BCUT2D eigenvalue weighted by molar-refractivity contribution is 5.87. The smallest absolute Gasteiger partial charge is 0.312 e. The van der Waals surface area contributed by atoms with Gasteiger partial charge >= 0.3 is 5.97 Å². The minimum atomic E-state index is -0.296. The lowest BCUT2D eigenvalue weighted by atomic mass is 9.71. The zero-order valence-corrected chi connectivity index (χ0v) is 14.8. The van der Waals surface area contributed by atoms with E-state index >= 15 is 0 Å². The number of aromatic amines is 1. The molecule has 2 aliphatic heterocycles. The third kappa shape index (κ3) is 2.16. The van der Waals surface area contributed by atoms with E-state index in [1.54, 1.807) is 0 Å². The summed E-state index contributed by atoms with van der Waals surface area (Å²) in [6.45, 7) is 0.758. The van der Waals surface area contributed by atoms with E-state index in [1.165, 1.54) is 23.8 Å². The molecular weight excluding hydrogens is 328 g/mol. The molecule has 5 rings (SSSR count). The fraction of sp³-hybridized carbons (Fsp3) is 0.429. The number of para-hydroxylation sites is 1. The van der Waals surface area contributed by atoms with Crippen molar-refractivity contribution in [1.82, 2.24) is 9.88 Å². The summed E-state index contributed by atoms with van der Waals surface area (Å²) in [7, 11) is 1.41. The maximum absolute atomic E-state index is 13.2. The first kappa shape index (κ1) is 15.7. The third-order valence-corrected chi connectivity index (χ3v) is 6.37. The molecule has 2 aromatic rings. The molecule has 4 atom stereocenters. The monoisotopic (exact) mass is 350 g/mol. The number of aromatic nitrogens is 1. The molecule has 0 saturated carbocycles. The van der Waals surface area contributed by atoms with E-state index in [9.17, 15) is 9.59 Å². The molecule has 134 valence electrons. The maximum atomic E-state index is 13.2. The van der Waals surface area contributed by atoms with Gasteiger partial charge in [-0.2, -0.15) is 0 Å². The van der Waals surface area contributed by atoms with Gasteiger partial charge in [0.05, 0.1) is 19.1 Å². The molecule has 0 spiro atoms. The van der Waals surface area contributed by atoms with Gasteiger partial charge in [0.2, 0.25) is 5.91 Å². The average molecular weight is 350 g/mol. The fourth-order valence-corrected chi connectivity index (χ4v) is 5.09. The molecule has 0 bridgehead atoms. The van der Waals surface area contributed by atoms with Gasteiger partial charge < -0.3 is 14.6 Å². The van der Waals surface area contributed by atoms with Gasteiger partial charge in [0.15, 0.2) is 0 Å². The summed E-state index contributed by atoms with van der Waals surface area (Å²) in [5.74, 6) is -0.261. The van der Waals surface area contributed by atoms with Crippen molar-refractivity contribution in [1.29, 1.82) is 0 Å². The van der Waals surface area contributed by atoms with Crippen molar-refractivity contribution < 1.29 is 14.3 Å². The maximum Gasteiger partial charge on any atom is 0.312 e. The largest absolute Gasteiger partial charge is 0.469 e. The number of allylic oxidation sites excluding steroid dienone is 1. The van der Waals surface area contributed by atoms with Crippen LogP contribution >= 0.6 is 0 Å². The molecule has 1 aliphatic carbocycles. The number of fused-ring (bicyclic) bond motifs is 6. The number of nitrogens with zero attached hydrogens (tertiary/aromatic N) is 1. The van der Waals surface area contributed by atoms with Gasteiger partial charge in [-0.15, -0.1) is 0 Å². The van der Waals surface area contributed by atoms with E-state index < -0.39 is 0 Å². The van der Waals surface area contributed by atoms with Crippen LogP contribution in [0.5, 0.6) is 0 Å². The Balaban J connectivity index is 1.51. The van der Waals surface area contributed by atoms with Crippen LogP contribution in [0.25, 0.3) is 10.9 Å². The number of rotatable bonds is 1. The Morgan fingerprint density at radius 1 is 1.23 bits per heavy atom. The van der Waals surface area contributed by atoms with E-state index in [0.29, 0.717) is 6.42 Å². The first-order valence-corrected chi connectivity index (χ1v) is 9.33. The van der Waals surface area contributed by atoms with Gasteiger partial charge in [-0.3, -0.25) is 9.59 Å². The number of carbonyl (C=O) groups is 2. The van der Waals surface area contributed by atoms with Crippen molar-refractivity contribution in [2.75, 3.05) is 13.7 Å². The fourth-order valence-electron chi connectivity index (χ4n) is 5.09. The van der Waals surface area contributed by atoms with Crippen LogP contribution < -0.4 is 0 Å². The van der Waals surface area contributed by atoms with Crippen LogP contribution in [-0.4, -0.2) is 35.4 Å². The Morgan fingerprint density at radius 2 is 2.08 bits per heavy atom. The van der Waals surface area contributed by atoms with Gasteiger partial charge in [-0.05, 0) is 36.8 Å². The molecular formula is C21H22N2O3. The molecule has 1 aromatic heterocycles. The van der Waals surface area contributed by atoms with Crippen LogP contribution in [0, 0.1) is 17.8 Å². The first-order chi connectivity index (χ1) is 12.7. The number of piperidine rings is 1. The number of methoxy groups -OCH3 is 1. The third-order valence-electron chi connectivity index (χ3n) is 6.37. The van der Waals surface area contributed by atoms with E-state index in [-0.39, 0.29) is 35.7 Å². The van der Waals surface area contributed by atoms with Crippen LogP contribution in [0.3, 0.4) is 0 Å². The highest BCUT2D eigenvalue weighted by Gasteiger charge is 2.46. The van der Waals surface area contributed by atoms with Gasteiger partial charge in [-0.1, -0.05) is 30.4 Å². The number of ether oxygens (including phenoxy) is 1. The molecule has 5 heteroatoms. The number of hydrogen-bond donors (Lipinski definition) is 1. The topological polar surface area (TPSA) is 62.4 Å². The standard InChI is InChI=1S/C21H22N2O3/c1-26-21(25)13-7-6-12-11-18-19-15(14-4-2-3-5-17(14)22-19)8-9-23(18)20(24)16(12)10-13/h2-7,12-13,16,18,22H,8-11H2,1H3. The molecule has 1 aromatic carbocycles. The van der Waals surface area contributed by atoms with Crippen LogP contribution in [0.2, 0.25) is 0 Å². The van der Waals surface area contributed by atoms with Crippen LogP contribution in [0.15, 0.2) is 36.4 Å². The zero-order valence-electron chi connectivity index (χ0n) is 14.8. The number of nitrogens with one attached hydrogen (secondary N) is 1. The highest BCUT2D eigenvalue weighted by atomic mass is 16.5. The first-order valence-electron chi connectivity index (χ1n) is 9.33. The summed E-state index contributed by atoms with van der Waals surface area (Å²) in [6.07, 6.45) is 6.37. The number of hydrogen-bond acceptors (Lipinski definition) is 3. The molecule has 0 radical (unpaired) electrons. The summed E-state index contributed by atoms with van der Waals surface area (Å²) in [5, 5.41) is 1.28. The molecule has 1 saturated heterocycles. The summed E-state index contributed by atoms with van der Waals surface area (Å²) in [5.41, 5.74) is 3.71. The molecule has 26 heavy (non-hydrogen) atoms. The van der Waals surface area contributed by atoms with Crippen molar-refractivity contribution in [3.8, 4) is 0 Å². The lowest BCUT2D eigenvalue weighted by molar-refractivity contribution is -0.149. The number of amides is 1. The second-order valence-corrected chi connectivity index (χ2v) is 7.62. The minimum Gasteiger partial charge on any atom is -0.469 e. The lowest BCUT2D eigenvalue weighted by Gasteiger charge is -2.46. The predicted molar refractivity (Wildman–Crippen MR) is 97.3 cm³/mol. The Morgan fingerprint density at radius 3 is 2.92 bits per heavy atom. The van der Waals surface area contributed by atoms with Gasteiger partial charge in [0, 0.05) is 29.1 Å². The van der Waals surface area contributed by atoms with Gasteiger partial charge in [0.1, 0.15) is 0 Å². The molecule has 1 N–H and O–H groups in total. The van der Waals surface area contributed by atoms with Crippen molar-refractivity contribution in [3.05, 3.63) is 47.7 Å². The van der Waals surface area contributed by atoms with E-state index in [4.69, 9.17) is 4.74 Å². The lowest BCUT2D eigenvalue weighted by Crippen LogP contribution is -2.51.